The van der Waals surface area contributed by atoms with Crippen molar-refractivity contribution in [2.75, 3.05) is 14.6 Å². The Hall–Kier alpha value is -7.80. The molecule has 0 saturated heterocycles. The standard InChI is InChI=1S/C88H96BN3OS/c1-81(2,3)54-26-33-58(34-27-54)90(59-35-28-55(29-36-59)82(4,5)6)61-47-66-62-39-40-63-65-49-68-70(87(17,18)44-42-85(68,13)14)51-74(65)93-79(63)78(62)92(60-37-30-56(31-38-60)83(7,8)9)89-76(66)73(48-61)91(72-41-32-57(84(10,11)12)46-64(72)53-24-22-21-23-25-53)80-77(89)67-50-69-71(52-75(67)94-80)88(19,20)45-43-86(69,15)16/h21-41,46-52H,42-45H2,1-20H3. The summed E-state index contributed by atoms with van der Waals surface area (Å²) in [5.74, 6) is 0. The third kappa shape index (κ3) is 9.94. The maximum atomic E-state index is 7.77. The average molecular weight is 1250 g/mol. The first-order chi connectivity index (χ1) is 44.1. The van der Waals surface area contributed by atoms with Crippen LogP contribution in [0.15, 0.2) is 174 Å². The lowest BCUT2D eigenvalue weighted by Gasteiger charge is -2.46. The summed E-state index contributed by atoms with van der Waals surface area (Å²) in [6.45, 7) is 47.4. The Balaban J connectivity index is 1.13. The minimum absolute atomic E-state index is 0.0107. The molecule has 2 aromatic heterocycles. The molecule has 0 atom stereocenters. The summed E-state index contributed by atoms with van der Waals surface area (Å²) in [7, 11) is 0. The number of anilines is 8. The van der Waals surface area contributed by atoms with Crippen molar-refractivity contribution in [1.82, 2.24) is 0 Å². The highest BCUT2D eigenvalue weighted by molar-refractivity contribution is 7.26. The van der Waals surface area contributed by atoms with E-state index in [0.717, 1.165) is 76.2 Å². The molecule has 0 radical (unpaired) electrons. The van der Waals surface area contributed by atoms with Crippen molar-refractivity contribution >= 4 is 106 Å². The van der Waals surface area contributed by atoms with Gasteiger partial charge in [0, 0.05) is 55.0 Å². The van der Waals surface area contributed by atoms with Crippen LogP contribution in [0.1, 0.15) is 209 Å². The number of benzene rings is 9. The molecule has 478 valence electrons. The Morgan fingerprint density at radius 3 is 1.44 bits per heavy atom. The zero-order chi connectivity index (χ0) is 66.5. The summed E-state index contributed by atoms with van der Waals surface area (Å²) >= 11 is 1.98. The van der Waals surface area contributed by atoms with E-state index in [1.54, 1.807) is 0 Å². The lowest BCUT2D eigenvalue weighted by atomic mass is 9.43. The summed E-state index contributed by atoms with van der Waals surface area (Å²) < 4.78 is 9.10. The van der Waals surface area contributed by atoms with Gasteiger partial charge in [0.15, 0.2) is 5.58 Å². The molecule has 4 aliphatic rings. The summed E-state index contributed by atoms with van der Waals surface area (Å²) in [5, 5.41) is 4.93. The van der Waals surface area contributed by atoms with Gasteiger partial charge in [-0.05, 0) is 232 Å². The first kappa shape index (κ1) is 62.3. The van der Waals surface area contributed by atoms with Crippen molar-refractivity contribution in [3.63, 3.8) is 0 Å². The van der Waals surface area contributed by atoms with Crippen LogP contribution in [-0.4, -0.2) is 6.85 Å². The van der Waals surface area contributed by atoms with E-state index in [0.29, 0.717) is 0 Å². The second-order valence-corrected chi connectivity index (χ2v) is 36.2. The Labute approximate surface area is 565 Å². The molecule has 0 unspecified atom stereocenters. The molecule has 4 heterocycles. The van der Waals surface area contributed by atoms with Crippen molar-refractivity contribution < 1.29 is 4.42 Å². The molecule has 11 aromatic rings. The molecule has 94 heavy (non-hydrogen) atoms. The molecule has 0 amide bonds. The summed E-state index contributed by atoms with van der Waals surface area (Å²) in [6.07, 6.45) is 4.55. The van der Waals surface area contributed by atoms with E-state index in [1.165, 1.54) is 104 Å². The first-order valence-electron chi connectivity index (χ1n) is 34.8. The maximum Gasteiger partial charge on any atom is 0.334 e. The molecular weight excluding hydrogens is 1160 g/mol. The quantitative estimate of drug-likeness (QED) is 0.155. The lowest BCUT2D eigenvalue weighted by molar-refractivity contribution is 0.332. The Bertz CT molecular complexity index is 4810. The van der Waals surface area contributed by atoms with E-state index in [9.17, 15) is 0 Å². The van der Waals surface area contributed by atoms with Crippen LogP contribution in [0, 0.1) is 0 Å². The number of thiophene rings is 1. The molecule has 0 fully saturated rings. The van der Waals surface area contributed by atoms with Crippen LogP contribution >= 0.6 is 11.3 Å². The third-order valence-corrected chi connectivity index (χ3v) is 23.8. The van der Waals surface area contributed by atoms with Gasteiger partial charge in [-0.25, -0.2) is 0 Å². The topological polar surface area (TPSA) is 22.9 Å². The number of nitrogens with zero attached hydrogens (tertiary/aromatic N) is 3. The SMILES string of the molecule is CC(C)(C)c1ccc(N2B3c4c(cc(N(c5ccc(C(C)(C)C)cc5)c5ccc(C(C)(C)C)cc5)cc4N(c4ccc(C(C)(C)C)cc4-c4ccccc4)c4sc5cc6c(cc5c43)C(C)(C)CCC6(C)C)-c3ccc4c(oc5cc6c(cc54)C(C)(C)CCC6(C)C)c32)cc1. The van der Waals surface area contributed by atoms with Crippen LogP contribution < -0.4 is 25.5 Å². The molecule has 6 heteroatoms. The van der Waals surface area contributed by atoms with Gasteiger partial charge >= 0.3 is 6.85 Å². The van der Waals surface area contributed by atoms with Crippen LogP contribution in [0.3, 0.4) is 0 Å². The number of furan rings is 1. The van der Waals surface area contributed by atoms with Gasteiger partial charge in [-0.3, -0.25) is 0 Å². The van der Waals surface area contributed by atoms with Gasteiger partial charge in [0.1, 0.15) is 5.58 Å². The number of rotatable bonds is 6. The average Bonchev–Trinajstić information content (AvgIpc) is 1.34. The van der Waals surface area contributed by atoms with E-state index < -0.39 is 0 Å². The molecule has 0 N–H and O–H groups in total. The minimum atomic E-state index is -0.283. The Morgan fingerprint density at radius 2 is 0.904 bits per heavy atom. The maximum absolute atomic E-state index is 7.77. The first-order valence-corrected chi connectivity index (χ1v) is 35.7. The number of fused-ring (bicyclic) bond motifs is 12. The van der Waals surface area contributed by atoms with Gasteiger partial charge in [0.05, 0.1) is 16.4 Å². The summed E-state index contributed by atoms with van der Waals surface area (Å²) in [4.78, 5) is 8.01. The molecule has 2 aliphatic heterocycles. The fourth-order valence-corrected chi connectivity index (χ4v) is 17.7. The highest BCUT2D eigenvalue weighted by Gasteiger charge is 2.50. The van der Waals surface area contributed by atoms with E-state index >= 15 is 0 Å². The molecule has 9 aromatic carbocycles. The van der Waals surface area contributed by atoms with Crippen molar-refractivity contribution in [1.29, 1.82) is 0 Å². The van der Waals surface area contributed by atoms with E-state index in [2.05, 4.69) is 323 Å². The largest absolute Gasteiger partial charge is 0.454 e. The molecule has 0 spiro atoms. The normalized spacial score (nSPS) is 17.0. The zero-order valence-corrected chi connectivity index (χ0v) is 60.5. The second-order valence-electron chi connectivity index (χ2n) is 35.2. The predicted molar refractivity (Wildman–Crippen MR) is 408 cm³/mol. The van der Waals surface area contributed by atoms with Crippen LogP contribution in [0.2, 0.25) is 0 Å². The van der Waals surface area contributed by atoms with Crippen molar-refractivity contribution in [2.45, 2.75) is 207 Å². The number of hydrogen-bond donors (Lipinski definition) is 0. The van der Waals surface area contributed by atoms with Gasteiger partial charge < -0.3 is 19.0 Å². The summed E-state index contributed by atoms with van der Waals surface area (Å²) in [6, 6.07) is 67.3. The van der Waals surface area contributed by atoms with E-state index in [1.807, 2.05) is 11.3 Å². The molecular formula is C88H96BN3OS. The molecule has 4 nitrogen and oxygen atoms in total. The van der Waals surface area contributed by atoms with Crippen molar-refractivity contribution in [3.8, 4) is 22.3 Å². The van der Waals surface area contributed by atoms with Gasteiger partial charge in [-0.2, -0.15) is 0 Å². The van der Waals surface area contributed by atoms with Crippen LogP contribution in [0.4, 0.5) is 44.8 Å². The van der Waals surface area contributed by atoms with Gasteiger partial charge in [-0.15, -0.1) is 11.3 Å². The van der Waals surface area contributed by atoms with Gasteiger partial charge in [-0.1, -0.05) is 217 Å². The van der Waals surface area contributed by atoms with Gasteiger partial charge in [0.2, 0.25) is 0 Å². The zero-order valence-electron chi connectivity index (χ0n) is 59.7. The van der Waals surface area contributed by atoms with Crippen LogP contribution in [0.5, 0.6) is 0 Å². The van der Waals surface area contributed by atoms with Crippen LogP contribution in [0.25, 0.3) is 54.3 Å². The van der Waals surface area contributed by atoms with Crippen molar-refractivity contribution in [3.05, 3.63) is 214 Å². The van der Waals surface area contributed by atoms with Crippen LogP contribution in [-0.2, 0) is 43.3 Å². The Morgan fingerprint density at radius 1 is 0.415 bits per heavy atom. The number of hydrogen-bond acceptors (Lipinski definition) is 5. The third-order valence-electron chi connectivity index (χ3n) is 22.6. The second kappa shape index (κ2) is 20.9. The van der Waals surface area contributed by atoms with Gasteiger partial charge in [0.25, 0.3) is 0 Å². The van der Waals surface area contributed by atoms with E-state index in [-0.39, 0.29) is 50.2 Å². The highest BCUT2D eigenvalue weighted by Crippen LogP contribution is 2.58. The predicted octanol–water partition coefficient (Wildman–Crippen LogP) is 24.5. The minimum Gasteiger partial charge on any atom is -0.454 e. The lowest BCUT2D eigenvalue weighted by Crippen LogP contribution is -2.61. The highest BCUT2D eigenvalue weighted by atomic mass is 32.1. The van der Waals surface area contributed by atoms with E-state index in [4.69, 9.17) is 4.42 Å². The van der Waals surface area contributed by atoms with Crippen molar-refractivity contribution in [2.24, 2.45) is 0 Å². The fourth-order valence-electron chi connectivity index (χ4n) is 16.4. The fraction of sp³-hybridized carbons (Fsp3) is 0.364. The Kier molecular flexibility index (Phi) is 13.8. The molecule has 0 bridgehead atoms. The smallest absolute Gasteiger partial charge is 0.334 e. The summed E-state index contributed by atoms with van der Waals surface area (Å²) in [5.41, 5.74) is 28.1. The molecule has 0 saturated carbocycles. The monoisotopic (exact) mass is 1250 g/mol. The molecule has 2 aliphatic carbocycles. The molecule has 15 rings (SSSR count).